The second kappa shape index (κ2) is 16.1. The molecule has 2 aromatic carbocycles. The van der Waals surface area contributed by atoms with Crippen LogP contribution in [0.1, 0.15) is 28.4 Å². The third-order valence-corrected chi connectivity index (χ3v) is 8.86. The lowest BCUT2D eigenvalue weighted by Crippen LogP contribution is -2.67. The molecule has 0 radical (unpaired) electrons. The number of alkyl halides is 3. The molecule has 2 aliphatic rings. The van der Waals surface area contributed by atoms with E-state index in [0.717, 1.165) is 11.1 Å². The van der Waals surface area contributed by atoms with Gasteiger partial charge in [0.2, 0.25) is 11.8 Å². The summed E-state index contributed by atoms with van der Waals surface area (Å²) < 4.78 is 53.2. The fraction of sp³-hybridized carbons (Fsp3) is 0.406. The quantitative estimate of drug-likeness (QED) is 0.275. The number of carbonyl (C=O) groups excluding carboxylic acids is 1. The molecule has 2 aromatic heterocycles. The highest BCUT2D eigenvalue weighted by molar-refractivity contribution is 5.85. The molecule has 12 nitrogen and oxygen atoms in total. The van der Waals surface area contributed by atoms with Gasteiger partial charge >= 0.3 is 6.18 Å². The number of rotatable bonds is 9. The van der Waals surface area contributed by atoms with E-state index in [-0.39, 0.29) is 72.6 Å². The molecule has 2 atom stereocenters. The average molecular weight is 726 g/mol. The average Bonchev–Trinajstić information content (AvgIpc) is 3.59. The number of nitrogens with zero attached hydrogens (tertiary/aromatic N) is 8. The number of aliphatic hydroxyl groups excluding tert-OH is 1. The minimum absolute atomic E-state index is 0. The van der Waals surface area contributed by atoms with E-state index in [2.05, 4.69) is 54.6 Å². The maximum Gasteiger partial charge on any atom is 0.453 e. The van der Waals surface area contributed by atoms with Gasteiger partial charge in [-0.15, -0.1) is 29.9 Å². The van der Waals surface area contributed by atoms with E-state index in [4.69, 9.17) is 9.47 Å². The van der Waals surface area contributed by atoms with E-state index in [1.165, 1.54) is 20.4 Å². The summed E-state index contributed by atoms with van der Waals surface area (Å²) in [5.41, 5.74) is 2.61. The normalized spacial score (nSPS) is 18.3. The summed E-state index contributed by atoms with van der Waals surface area (Å²) in [6, 6.07) is 20.3. The third-order valence-electron chi connectivity index (χ3n) is 8.86. The Labute approximate surface area is 293 Å². The maximum atomic E-state index is 13.8. The summed E-state index contributed by atoms with van der Waals surface area (Å²) in [7, 11) is 2.80. The van der Waals surface area contributed by atoms with Crippen LogP contribution in [-0.4, -0.2) is 117 Å². The maximum absolute atomic E-state index is 13.8. The van der Waals surface area contributed by atoms with Crippen LogP contribution in [0.5, 0.6) is 11.6 Å². The largest absolute Gasteiger partial charge is 0.494 e. The zero-order valence-electron chi connectivity index (χ0n) is 26.7. The van der Waals surface area contributed by atoms with Crippen LogP contribution in [0, 0.1) is 0 Å². The molecule has 1 N–H and O–H groups in total. The van der Waals surface area contributed by atoms with Gasteiger partial charge in [0.25, 0.3) is 5.82 Å². The van der Waals surface area contributed by atoms with E-state index in [1.54, 1.807) is 4.90 Å². The van der Waals surface area contributed by atoms with Crippen molar-refractivity contribution in [1.29, 1.82) is 0 Å². The number of aromatic nitrogens is 5. The van der Waals surface area contributed by atoms with Crippen molar-refractivity contribution >= 4 is 30.7 Å². The van der Waals surface area contributed by atoms with Crippen LogP contribution in [0.15, 0.2) is 66.9 Å². The van der Waals surface area contributed by atoms with Gasteiger partial charge in [-0.1, -0.05) is 60.7 Å². The molecule has 0 spiro atoms. The van der Waals surface area contributed by atoms with Gasteiger partial charge in [-0.3, -0.25) is 14.6 Å². The second-order valence-electron chi connectivity index (χ2n) is 11.5. The monoisotopic (exact) mass is 724 g/mol. The Morgan fingerprint density at radius 3 is 2.18 bits per heavy atom. The zero-order valence-corrected chi connectivity index (χ0v) is 28.4. The molecule has 0 bridgehead atoms. The lowest BCUT2D eigenvalue weighted by Gasteiger charge is -2.53. The van der Waals surface area contributed by atoms with Gasteiger partial charge in [0.05, 0.1) is 26.0 Å². The Kier molecular flexibility index (Phi) is 12.4. The summed E-state index contributed by atoms with van der Waals surface area (Å²) >= 11 is 0. The van der Waals surface area contributed by atoms with Crippen molar-refractivity contribution in [2.24, 2.45) is 0 Å². The van der Waals surface area contributed by atoms with Crippen molar-refractivity contribution in [3.05, 3.63) is 89.4 Å². The summed E-state index contributed by atoms with van der Waals surface area (Å²) in [6.07, 6.45) is -3.63. The van der Waals surface area contributed by atoms with Gasteiger partial charge < -0.3 is 19.5 Å². The van der Waals surface area contributed by atoms with Crippen LogP contribution in [0.4, 0.5) is 13.2 Å². The Balaban J connectivity index is 0.00000270. The van der Waals surface area contributed by atoms with Crippen LogP contribution in [0.25, 0.3) is 5.69 Å². The number of piperazine rings is 2. The molecule has 2 fully saturated rings. The topological polar surface area (TPSA) is 122 Å². The number of benzene rings is 2. The molecule has 1 amide bonds. The highest BCUT2D eigenvalue weighted by Gasteiger charge is 2.44. The molecule has 0 saturated carbocycles. The van der Waals surface area contributed by atoms with Crippen molar-refractivity contribution in [3.63, 3.8) is 0 Å². The number of ether oxygens (including phenoxy) is 2. The highest BCUT2D eigenvalue weighted by atomic mass is 35.5. The molecule has 17 heteroatoms. The van der Waals surface area contributed by atoms with E-state index < -0.39 is 18.6 Å². The summed E-state index contributed by atoms with van der Waals surface area (Å²) in [4.78, 5) is 23.2. The van der Waals surface area contributed by atoms with Gasteiger partial charge in [-0.05, 0) is 21.6 Å². The van der Waals surface area contributed by atoms with Gasteiger partial charge in [-0.2, -0.15) is 17.9 Å². The van der Waals surface area contributed by atoms with E-state index in [1.807, 2.05) is 36.4 Å². The fourth-order valence-electron chi connectivity index (χ4n) is 6.87. The van der Waals surface area contributed by atoms with Crippen molar-refractivity contribution in [2.45, 2.75) is 30.7 Å². The predicted octanol–water partition coefficient (Wildman–Crippen LogP) is 3.46. The molecule has 2 aliphatic heterocycles. The Bertz CT molecular complexity index is 1650. The summed E-state index contributed by atoms with van der Waals surface area (Å²) in [5, 5.41) is 19.6. The standard InChI is InChI=1S/C32H35F3N8O4.2ClH/c1-46-29-24(30(47-2)36-15-25(29)43-31(32(33,34)35)37-38-39-43)18-40-16-23-17-41(27(45)20-44)13-14-42(23)26(19-40)28(21-9-5-3-6-10-21)22-11-7-4-8-12-22;;/h3-12,15,23,26,28,44H,13-14,16-20H2,1-2H3;2*1H/t23-,26+;;/m1../s1. The lowest BCUT2D eigenvalue weighted by atomic mass is 9.81. The van der Waals surface area contributed by atoms with Gasteiger partial charge in [0.15, 0.2) is 5.75 Å². The lowest BCUT2D eigenvalue weighted by molar-refractivity contribution is -0.146. The predicted molar refractivity (Wildman–Crippen MR) is 178 cm³/mol. The first-order chi connectivity index (χ1) is 22.7. The first-order valence-corrected chi connectivity index (χ1v) is 15.2. The van der Waals surface area contributed by atoms with Crippen molar-refractivity contribution < 1.29 is 32.5 Å². The van der Waals surface area contributed by atoms with Crippen LogP contribution < -0.4 is 9.47 Å². The first-order valence-electron chi connectivity index (χ1n) is 15.2. The van der Waals surface area contributed by atoms with Crippen LogP contribution >= 0.6 is 24.8 Å². The number of pyridine rings is 1. The second-order valence-corrected chi connectivity index (χ2v) is 11.5. The summed E-state index contributed by atoms with van der Waals surface area (Å²) in [6.45, 7) is 2.26. The molecule has 49 heavy (non-hydrogen) atoms. The molecule has 6 rings (SSSR count). The van der Waals surface area contributed by atoms with E-state index in [0.29, 0.717) is 43.0 Å². The minimum atomic E-state index is -4.82. The number of amides is 1. The number of carbonyl (C=O) groups is 1. The molecular formula is C32H37Cl2F3N8O4. The Hall–Kier alpha value is -4.02. The fourth-order valence-corrected chi connectivity index (χ4v) is 6.87. The molecule has 0 unspecified atom stereocenters. The molecule has 4 aromatic rings. The van der Waals surface area contributed by atoms with Gasteiger partial charge in [-0.25, -0.2) is 4.98 Å². The van der Waals surface area contributed by atoms with Crippen molar-refractivity contribution in [3.8, 4) is 17.3 Å². The number of aliphatic hydroxyl groups is 1. The number of halogens is 5. The third kappa shape index (κ3) is 7.75. The van der Waals surface area contributed by atoms with Gasteiger partial charge in [0.1, 0.15) is 12.3 Å². The smallest absolute Gasteiger partial charge is 0.453 e. The zero-order chi connectivity index (χ0) is 33.1. The SMILES string of the molecule is COc1ncc(-n2nnnc2C(F)(F)F)c(OC)c1CN1C[C@@H]2CN(C(=O)CO)CCN2[C@H](C(c2ccccc2)c2ccccc2)C1.Cl.Cl. The molecule has 0 aliphatic carbocycles. The minimum Gasteiger partial charge on any atom is -0.494 e. The van der Waals surface area contributed by atoms with E-state index in [9.17, 15) is 23.1 Å². The molecule has 4 heterocycles. The number of hydrogen-bond acceptors (Lipinski definition) is 10. The van der Waals surface area contributed by atoms with Crippen LogP contribution in [0.2, 0.25) is 0 Å². The Morgan fingerprint density at radius 2 is 1.61 bits per heavy atom. The summed E-state index contributed by atoms with van der Waals surface area (Å²) in [5.74, 6) is -1.40. The Morgan fingerprint density at radius 1 is 0.959 bits per heavy atom. The number of hydrogen-bond donors (Lipinski definition) is 1. The first kappa shape index (κ1) is 37.8. The van der Waals surface area contributed by atoms with E-state index >= 15 is 0 Å². The molecule has 2 saturated heterocycles. The number of fused-ring (bicyclic) bond motifs is 1. The highest BCUT2D eigenvalue weighted by Crippen LogP contribution is 2.39. The van der Waals surface area contributed by atoms with Gasteiger partial charge in [0, 0.05) is 57.3 Å². The van der Waals surface area contributed by atoms with Crippen molar-refractivity contribution in [2.75, 3.05) is 53.6 Å². The molecular weight excluding hydrogens is 688 g/mol. The number of methoxy groups -OCH3 is 2. The van der Waals surface area contributed by atoms with Crippen LogP contribution in [0.3, 0.4) is 0 Å². The van der Waals surface area contributed by atoms with Crippen molar-refractivity contribution in [1.82, 2.24) is 39.9 Å². The number of tetrazole rings is 1. The molecule has 264 valence electrons. The van der Waals surface area contributed by atoms with Crippen LogP contribution in [-0.2, 0) is 17.5 Å².